The highest BCUT2D eigenvalue weighted by Gasteiger charge is 2.27. The van der Waals surface area contributed by atoms with E-state index in [1.165, 1.54) is 12.1 Å². The summed E-state index contributed by atoms with van der Waals surface area (Å²) in [6.45, 7) is 10.7. The van der Waals surface area contributed by atoms with Gasteiger partial charge in [0.25, 0.3) is 0 Å². The van der Waals surface area contributed by atoms with E-state index in [2.05, 4.69) is 15.2 Å². The molecular weight excluding hydrogens is 524 g/mol. The first-order chi connectivity index (χ1) is 14.7. The van der Waals surface area contributed by atoms with Gasteiger partial charge in [0, 0.05) is 45.3 Å². The number of ether oxygens (including phenoxy) is 1. The molecule has 0 aromatic heterocycles. The fourth-order valence-electron chi connectivity index (χ4n) is 3.58. The summed E-state index contributed by atoms with van der Waals surface area (Å²) >= 11 is 0. The second-order valence-corrected chi connectivity index (χ2v) is 8.77. The Morgan fingerprint density at radius 3 is 2.56 bits per heavy atom. The van der Waals surface area contributed by atoms with Crippen LogP contribution in [0.15, 0.2) is 23.2 Å². The molecule has 0 unspecified atom stereocenters. The molecule has 32 heavy (non-hydrogen) atoms. The number of benzene rings is 1. The average molecular weight is 559 g/mol. The second kappa shape index (κ2) is 12.8. The van der Waals surface area contributed by atoms with Crippen molar-refractivity contribution < 1.29 is 13.9 Å². The van der Waals surface area contributed by atoms with Crippen molar-refractivity contribution in [3.05, 3.63) is 35.1 Å². The first kappa shape index (κ1) is 27.9. The number of hydrogen-bond donors (Lipinski definition) is 1. The zero-order chi connectivity index (χ0) is 23.0. The third-order valence-corrected chi connectivity index (χ3v) is 5.25. The number of amides is 1. The number of nitrogens with one attached hydrogen (secondary N) is 1. The van der Waals surface area contributed by atoms with E-state index in [1.807, 2.05) is 33.8 Å². The lowest BCUT2D eigenvalue weighted by Gasteiger charge is -2.36. The van der Waals surface area contributed by atoms with Crippen LogP contribution in [-0.4, -0.2) is 60.7 Å². The predicted molar refractivity (Wildman–Crippen MR) is 135 cm³/mol. The molecule has 1 aliphatic rings. The van der Waals surface area contributed by atoms with Crippen LogP contribution in [0.4, 0.5) is 9.18 Å². The van der Waals surface area contributed by atoms with E-state index in [-0.39, 0.29) is 42.4 Å². The van der Waals surface area contributed by atoms with Crippen LogP contribution >= 0.6 is 24.0 Å². The molecule has 178 valence electrons. The maximum Gasteiger partial charge on any atom is 0.410 e. The molecule has 1 fully saturated rings. The van der Waals surface area contributed by atoms with Crippen LogP contribution in [-0.2, 0) is 11.3 Å². The van der Waals surface area contributed by atoms with Gasteiger partial charge in [-0.1, -0.05) is 0 Å². The van der Waals surface area contributed by atoms with Gasteiger partial charge >= 0.3 is 6.09 Å². The standard InChI is InChI=1S/C23H34FN5O2.HI/c1-6-28(22(30)31-23(2,3)4)16-17-9-11-29(12-10-17)21(26-5)27-15-19-13-18(14-25)7-8-20(19)24;/h7-8,13,17H,6,9-12,15-16H2,1-5H3,(H,26,27);1H. The van der Waals surface area contributed by atoms with Gasteiger partial charge in [0.05, 0.1) is 11.6 Å². The number of likely N-dealkylation sites (tertiary alicyclic amines) is 1. The summed E-state index contributed by atoms with van der Waals surface area (Å²) in [5.74, 6) is 0.758. The van der Waals surface area contributed by atoms with Gasteiger partial charge in [0.15, 0.2) is 5.96 Å². The maximum absolute atomic E-state index is 14.0. The first-order valence-corrected chi connectivity index (χ1v) is 10.8. The molecule has 9 heteroatoms. The summed E-state index contributed by atoms with van der Waals surface area (Å²) < 4.78 is 19.5. The highest BCUT2D eigenvalue weighted by Crippen LogP contribution is 2.20. The summed E-state index contributed by atoms with van der Waals surface area (Å²) in [6, 6.07) is 6.37. The van der Waals surface area contributed by atoms with Gasteiger partial charge in [0.1, 0.15) is 11.4 Å². The van der Waals surface area contributed by atoms with E-state index >= 15 is 0 Å². The average Bonchev–Trinajstić information content (AvgIpc) is 2.73. The quantitative estimate of drug-likeness (QED) is 0.330. The summed E-state index contributed by atoms with van der Waals surface area (Å²) in [6.07, 6.45) is 1.59. The molecule has 0 bridgehead atoms. The minimum atomic E-state index is -0.502. The topological polar surface area (TPSA) is 81.0 Å². The second-order valence-electron chi connectivity index (χ2n) is 8.77. The van der Waals surface area contributed by atoms with Crippen LogP contribution in [0.5, 0.6) is 0 Å². The van der Waals surface area contributed by atoms with Crippen molar-refractivity contribution in [1.29, 1.82) is 5.26 Å². The Kier molecular flexibility index (Phi) is 11.2. The molecule has 7 nitrogen and oxygen atoms in total. The van der Waals surface area contributed by atoms with Gasteiger partial charge in [-0.25, -0.2) is 9.18 Å². The zero-order valence-electron chi connectivity index (χ0n) is 19.7. The Morgan fingerprint density at radius 2 is 2.03 bits per heavy atom. The Bertz CT molecular complexity index is 827. The monoisotopic (exact) mass is 559 g/mol. The van der Waals surface area contributed by atoms with E-state index in [0.29, 0.717) is 36.1 Å². The molecule has 0 saturated carbocycles. The third-order valence-electron chi connectivity index (χ3n) is 5.25. The largest absolute Gasteiger partial charge is 0.444 e. The first-order valence-electron chi connectivity index (χ1n) is 10.8. The molecular formula is C23H35FIN5O2. The number of aliphatic imine (C=N–C) groups is 1. The molecule has 0 radical (unpaired) electrons. The SMILES string of the molecule is CCN(CC1CCN(C(=NC)NCc2cc(C#N)ccc2F)CC1)C(=O)OC(C)(C)C.I. The smallest absolute Gasteiger partial charge is 0.410 e. The van der Waals surface area contributed by atoms with E-state index in [0.717, 1.165) is 25.9 Å². The number of nitrogens with zero attached hydrogens (tertiary/aromatic N) is 4. The number of rotatable bonds is 5. The van der Waals surface area contributed by atoms with Crippen molar-refractivity contribution in [3.63, 3.8) is 0 Å². The fourth-order valence-corrected chi connectivity index (χ4v) is 3.58. The molecule has 1 aliphatic heterocycles. The zero-order valence-corrected chi connectivity index (χ0v) is 22.0. The highest BCUT2D eigenvalue weighted by atomic mass is 127. The van der Waals surface area contributed by atoms with Gasteiger partial charge in [-0.05, 0) is 64.7 Å². The molecule has 1 saturated heterocycles. The van der Waals surface area contributed by atoms with Crippen molar-refractivity contribution in [2.75, 3.05) is 33.2 Å². The van der Waals surface area contributed by atoms with E-state index in [9.17, 15) is 9.18 Å². The Labute approximate surface area is 208 Å². The van der Waals surface area contributed by atoms with Crippen molar-refractivity contribution in [1.82, 2.24) is 15.1 Å². The Hall–Kier alpha value is -2.09. The molecule has 1 amide bonds. The van der Waals surface area contributed by atoms with E-state index in [1.54, 1.807) is 18.0 Å². The minimum absolute atomic E-state index is 0. The van der Waals surface area contributed by atoms with Crippen LogP contribution in [0.2, 0.25) is 0 Å². The van der Waals surface area contributed by atoms with Crippen LogP contribution in [0.25, 0.3) is 0 Å². The number of carbonyl (C=O) groups is 1. The number of nitriles is 1. The molecule has 1 N–H and O–H groups in total. The van der Waals surface area contributed by atoms with Crippen LogP contribution in [0, 0.1) is 23.1 Å². The number of guanidine groups is 1. The van der Waals surface area contributed by atoms with E-state index in [4.69, 9.17) is 10.00 Å². The van der Waals surface area contributed by atoms with Crippen LogP contribution < -0.4 is 5.32 Å². The number of piperidine rings is 1. The highest BCUT2D eigenvalue weighted by molar-refractivity contribution is 14.0. The van der Waals surface area contributed by atoms with Crippen LogP contribution in [0.1, 0.15) is 51.7 Å². The van der Waals surface area contributed by atoms with Gasteiger partial charge in [0.2, 0.25) is 0 Å². The summed E-state index contributed by atoms with van der Waals surface area (Å²) in [4.78, 5) is 20.6. The molecule has 1 aromatic rings. The normalized spacial score (nSPS) is 14.9. The van der Waals surface area contributed by atoms with Gasteiger partial charge in [-0.15, -0.1) is 24.0 Å². The number of halogens is 2. The van der Waals surface area contributed by atoms with Gasteiger partial charge in [-0.2, -0.15) is 5.26 Å². The van der Waals surface area contributed by atoms with Crippen molar-refractivity contribution in [2.24, 2.45) is 10.9 Å². The Balaban J connectivity index is 0.00000512. The van der Waals surface area contributed by atoms with Crippen molar-refractivity contribution in [2.45, 2.75) is 52.7 Å². The summed E-state index contributed by atoms with van der Waals surface area (Å²) in [5.41, 5.74) is 0.364. The number of carbonyl (C=O) groups excluding carboxylic acids is 1. The van der Waals surface area contributed by atoms with Crippen molar-refractivity contribution >= 4 is 36.0 Å². The lowest BCUT2D eigenvalue weighted by Crippen LogP contribution is -2.47. The lowest BCUT2D eigenvalue weighted by molar-refractivity contribution is 0.0214. The molecule has 1 heterocycles. The molecule has 2 rings (SSSR count). The molecule has 0 aliphatic carbocycles. The predicted octanol–water partition coefficient (Wildman–Crippen LogP) is 4.36. The minimum Gasteiger partial charge on any atom is -0.444 e. The lowest BCUT2D eigenvalue weighted by atomic mass is 9.96. The van der Waals surface area contributed by atoms with Gasteiger partial charge < -0.3 is 19.9 Å². The fraction of sp³-hybridized carbons (Fsp3) is 0.609. The Morgan fingerprint density at radius 1 is 1.38 bits per heavy atom. The van der Waals surface area contributed by atoms with E-state index < -0.39 is 5.60 Å². The van der Waals surface area contributed by atoms with Crippen molar-refractivity contribution in [3.8, 4) is 6.07 Å². The summed E-state index contributed by atoms with van der Waals surface area (Å²) in [5, 5.41) is 12.2. The molecule has 0 atom stereocenters. The summed E-state index contributed by atoms with van der Waals surface area (Å²) in [7, 11) is 1.71. The van der Waals surface area contributed by atoms with Gasteiger partial charge in [-0.3, -0.25) is 4.99 Å². The maximum atomic E-state index is 14.0. The molecule has 0 spiro atoms. The molecule has 1 aromatic carbocycles. The third kappa shape index (κ3) is 8.45. The van der Waals surface area contributed by atoms with Crippen LogP contribution in [0.3, 0.4) is 0 Å². The number of hydrogen-bond acceptors (Lipinski definition) is 4.